The zero-order valence-corrected chi connectivity index (χ0v) is 13.3. The van der Waals surface area contributed by atoms with E-state index in [1.54, 1.807) is 6.20 Å². The van der Waals surface area contributed by atoms with E-state index in [4.69, 9.17) is 0 Å². The Morgan fingerprint density at radius 3 is 3.05 bits per heavy atom. The lowest BCUT2D eigenvalue weighted by Crippen LogP contribution is -2.18. The molecule has 0 aliphatic heterocycles. The van der Waals surface area contributed by atoms with Gasteiger partial charge in [-0.2, -0.15) is 26.8 Å². The maximum atomic E-state index is 4.62. The Kier molecular flexibility index (Phi) is 4.48. The summed E-state index contributed by atoms with van der Waals surface area (Å²) in [6.07, 6.45) is 8.71. The number of anilines is 2. The van der Waals surface area contributed by atoms with Gasteiger partial charge in [0, 0.05) is 17.8 Å². The van der Waals surface area contributed by atoms with E-state index in [1.165, 1.54) is 19.3 Å². The topological polar surface area (TPSA) is 78.5 Å². The minimum Gasteiger partial charge on any atom is -0.367 e. The highest BCUT2D eigenvalue weighted by Gasteiger charge is 2.25. The van der Waals surface area contributed by atoms with E-state index in [9.17, 15) is 0 Å². The second kappa shape index (κ2) is 6.51. The first-order valence-electron chi connectivity index (χ1n) is 7.54. The zero-order valence-electron chi connectivity index (χ0n) is 12.5. The fraction of sp³-hybridized carbons (Fsp3) is 0.643. The molecule has 0 saturated heterocycles. The summed E-state index contributed by atoms with van der Waals surface area (Å²) in [4.78, 5) is 9.08. The molecule has 0 radical (unpaired) electrons. The summed E-state index contributed by atoms with van der Waals surface area (Å²) in [6, 6.07) is 0.495. The minimum absolute atomic E-state index is 0.495. The zero-order chi connectivity index (χ0) is 14.7. The summed E-state index contributed by atoms with van der Waals surface area (Å²) in [5.74, 6) is 1.55. The van der Waals surface area contributed by atoms with Crippen molar-refractivity contribution in [3.8, 4) is 0 Å². The van der Waals surface area contributed by atoms with Crippen LogP contribution in [0.5, 0.6) is 0 Å². The number of thioether (sulfide) groups is 1. The molecule has 1 aliphatic carbocycles. The lowest BCUT2D eigenvalue weighted by molar-refractivity contribution is 0.753. The fourth-order valence-corrected chi connectivity index (χ4v) is 3.54. The second-order valence-electron chi connectivity index (χ2n) is 5.47. The van der Waals surface area contributed by atoms with Gasteiger partial charge in [0.1, 0.15) is 5.82 Å². The number of hydrogen-bond donors (Lipinski definition) is 3. The molecule has 2 aromatic rings. The van der Waals surface area contributed by atoms with Gasteiger partial charge >= 0.3 is 0 Å². The largest absolute Gasteiger partial charge is 0.367 e. The van der Waals surface area contributed by atoms with Crippen molar-refractivity contribution in [2.24, 2.45) is 0 Å². The van der Waals surface area contributed by atoms with Gasteiger partial charge in [0.2, 0.25) is 5.95 Å². The second-order valence-corrected chi connectivity index (χ2v) is 6.60. The highest BCUT2D eigenvalue weighted by Crippen LogP contribution is 2.31. The Bertz CT molecular complexity index is 598. The van der Waals surface area contributed by atoms with Crippen LogP contribution >= 0.6 is 11.8 Å². The Hall–Kier alpha value is -1.50. The smallest absolute Gasteiger partial charge is 0.226 e. The number of rotatable bonds is 6. The van der Waals surface area contributed by atoms with Crippen molar-refractivity contribution in [1.29, 1.82) is 0 Å². The summed E-state index contributed by atoms with van der Waals surface area (Å²) in [7, 11) is 0. The number of nitrogens with zero attached hydrogens (tertiary/aromatic N) is 3. The lowest BCUT2D eigenvalue weighted by Gasteiger charge is -2.15. The monoisotopic (exact) mass is 306 g/mol. The fourth-order valence-electron chi connectivity index (χ4n) is 2.74. The summed E-state index contributed by atoms with van der Waals surface area (Å²) in [6.45, 7) is 3.00. The minimum atomic E-state index is 0.495. The van der Waals surface area contributed by atoms with E-state index in [2.05, 4.69) is 44.0 Å². The van der Waals surface area contributed by atoms with Crippen LogP contribution in [0.1, 0.15) is 32.6 Å². The quantitative estimate of drug-likeness (QED) is 0.761. The van der Waals surface area contributed by atoms with Crippen LogP contribution in [0.4, 0.5) is 11.8 Å². The highest BCUT2D eigenvalue weighted by molar-refractivity contribution is 7.99. The van der Waals surface area contributed by atoms with Gasteiger partial charge < -0.3 is 10.6 Å². The van der Waals surface area contributed by atoms with Crippen LogP contribution < -0.4 is 10.6 Å². The predicted molar refractivity (Wildman–Crippen MR) is 89.0 cm³/mol. The Morgan fingerprint density at radius 1 is 1.38 bits per heavy atom. The molecular formula is C14H22N6S. The first-order valence-corrected chi connectivity index (χ1v) is 8.83. The molecule has 114 valence electrons. The summed E-state index contributed by atoms with van der Waals surface area (Å²) < 4.78 is 0. The first-order chi connectivity index (χ1) is 10.3. The molecule has 7 heteroatoms. The maximum absolute atomic E-state index is 4.62. The van der Waals surface area contributed by atoms with Crippen LogP contribution in [0.3, 0.4) is 0 Å². The van der Waals surface area contributed by atoms with Crippen molar-refractivity contribution in [2.75, 3.05) is 23.4 Å². The van der Waals surface area contributed by atoms with Crippen LogP contribution in [0.25, 0.3) is 11.0 Å². The van der Waals surface area contributed by atoms with Gasteiger partial charge in [0.05, 0.1) is 11.6 Å². The van der Waals surface area contributed by atoms with E-state index in [0.717, 1.165) is 35.1 Å². The van der Waals surface area contributed by atoms with Gasteiger partial charge in [-0.3, -0.25) is 5.10 Å². The number of fused-ring (bicyclic) bond motifs is 1. The van der Waals surface area contributed by atoms with Crippen molar-refractivity contribution >= 4 is 34.6 Å². The Labute approximate surface area is 128 Å². The van der Waals surface area contributed by atoms with E-state index < -0.39 is 0 Å². The molecule has 1 saturated carbocycles. The molecule has 3 N–H and O–H groups in total. The van der Waals surface area contributed by atoms with Crippen LogP contribution in [0.15, 0.2) is 6.20 Å². The van der Waals surface area contributed by atoms with Gasteiger partial charge in [-0.15, -0.1) is 0 Å². The molecule has 2 heterocycles. The number of aromatic amines is 1. The highest BCUT2D eigenvalue weighted by atomic mass is 32.2. The van der Waals surface area contributed by atoms with Gasteiger partial charge in [0.25, 0.3) is 0 Å². The molecule has 2 aromatic heterocycles. The molecule has 0 bridgehead atoms. The normalized spacial score (nSPS) is 21.8. The van der Waals surface area contributed by atoms with Crippen molar-refractivity contribution in [3.63, 3.8) is 0 Å². The number of H-pyrrole nitrogens is 1. The molecule has 6 nitrogen and oxygen atoms in total. The molecule has 0 spiro atoms. The molecule has 0 amide bonds. The van der Waals surface area contributed by atoms with Gasteiger partial charge in [-0.25, -0.2) is 0 Å². The third-order valence-corrected chi connectivity index (χ3v) is 5.00. The Balaban J connectivity index is 1.81. The summed E-state index contributed by atoms with van der Waals surface area (Å²) in [5, 5.41) is 15.6. The molecule has 21 heavy (non-hydrogen) atoms. The first kappa shape index (κ1) is 14.4. The molecule has 1 fully saturated rings. The lowest BCUT2D eigenvalue weighted by atomic mass is 10.2. The average Bonchev–Trinajstić information content (AvgIpc) is 3.13. The third kappa shape index (κ3) is 3.23. The van der Waals surface area contributed by atoms with Crippen molar-refractivity contribution in [2.45, 2.75) is 43.9 Å². The number of hydrogen-bond acceptors (Lipinski definition) is 6. The van der Waals surface area contributed by atoms with Crippen LogP contribution in [-0.2, 0) is 0 Å². The third-order valence-electron chi connectivity index (χ3n) is 3.90. The van der Waals surface area contributed by atoms with Crippen molar-refractivity contribution in [1.82, 2.24) is 20.2 Å². The molecule has 2 unspecified atom stereocenters. The van der Waals surface area contributed by atoms with Crippen molar-refractivity contribution < 1.29 is 0 Å². The predicted octanol–water partition coefficient (Wildman–Crippen LogP) is 2.87. The molecule has 1 aliphatic rings. The van der Waals surface area contributed by atoms with Crippen LogP contribution in [-0.4, -0.2) is 44.3 Å². The van der Waals surface area contributed by atoms with E-state index in [-0.39, 0.29) is 0 Å². The molecule has 2 atom stereocenters. The maximum Gasteiger partial charge on any atom is 0.226 e. The van der Waals surface area contributed by atoms with Crippen molar-refractivity contribution in [3.05, 3.63) is 6.20 Å². The van der Waals surface area contributed by atoms with Gasteiger partial charge in [-0.1, -0.05) is 6.92 Å². The molecular weight excluding hydrogens is 284 g/mol. The molecule has 3 rings (SSSR count). The van der Waals surface area contributed by atoms with Gasteiger partial charge in [-0.05, 0) is 31.9 Å². The van der Waals surface area contributed by atoms with Gasteiger partial charge in [0.15, 0.2) is 5.65 Å². The number of aromatic nitrogens is 4. The SMILES string of the molecule is CCCNc1nc(NC2CCC(SC)C2)c2cn[nH]c2n1. The van der Waals surface area contributed by atoms with E-state index in [0.29, 0.717) is 12.0 Å². The Morgan fingerprint density at radius 2 is 2.29 bits per heavy atom. The standard InChI is InChI=1S/C14H22N6S/c1-3-6-15-14-18-12(11-8-16-20-13(11)19-14)17-9-4-5-10(7-9)21-2/h8-10H,3-7H2,1-2H3,(H3,15,16,17,18,19,20). The summed E-state index contributed by atoms with van der Waals surface area (Å²) >= 11 is 1.96. The van der Waals surface area contributed by atoms with Crippen LogP contribution in [0.2, 0.25) is 0 Å². The van der Waals surface area contributed by atoms with E-state index in [1.807, 2.05) is 11.8 Å². The van der Waals surface area contributed by atoms with Crippen LogP contribution in [0, 0.1) is 0 Å². The average molecular weight is 306 g/mol. The van der Waals surface area contributed by atoms with E-state index >= 15 is 0 Å². The molecule has 0 aromatic carbocycles. The number of nitrogens with one attached hydrogen (secondary N) is 3. The summed E-state index contributed by atoms with van der Waals surface area (Å²) in [5.41, 5.74) is 0.783.